The second-order valence-electron chi connectivity index (χ2n) is 5.33. The van der Waals surface area contributed by atoms with Crippen LogP contribution in [0.25, 0.3) is 0 Å². The van der Waals surface area contributed by atoms with Gasteiger partial charge in [-0.2, -0.15) is 0 Å². The van der Waals surface area contributed by atoms with Gasteiger partial charge in [-0.3, -0.25) is 9.59 Å². The third-order valence-electron chi connectivity index (χ3n) is 3.61. The summed E-state index contributed by atoms with van der Waals surface area (Å²) in [5.41, 5.74) is 0. The van der Waals surface area contributed by atoms with Crippen LogP contribution in [-0.2, 0) is 11.3 Å². The second kappa shape index (κ2) is 6.62. The number of hydrogen-bond acceptors (Lipinski definition) is 4. The molecule has 0 aromatic carbocycles. The van der Waals surface area contributed by atoms with Gasteiger partial charge in [0.2, 0.25) is 5.91 Å². The summed E-state index contributed by atoms with van der Waals surface area (Å²) in [6, 6.07) is 7.65. The van der Waals surface area contributed by atoms with E-state index in [1.165, 1.54) is 16.2 Å². The predicted octanol–water partition coefficient (Wildman–Crippen LogP) is 3.82. The monoisotopic (exact) mass is 334 g/mol. The van der Waals surface area contributed by atoms with Gasteiger partial charge in [-0.1, -0.05) is 6.07 Å². The van der Waals surface area contributed by atoms with Crippen molar-refractivity contribution in [2.24, 2.45) is 5.92 Å². The zero-order chi connectivity index (χ0) is 15.5. The zero-order valence-corrected chi connectivity index (χ0v) is 14.0. The lowest BCUT2D eigenvalue weighted by molar-refractivity contribution is -0.117. The first kappa shape index (κ1) is 15.2. The maximum absolute atomic E-state index is 12.6. The molecule has 1 N–H and O–H groups in total. The molecule has 0 spiro atoms. The first-order chi connectivity index (χ1) is 10.7. The van der Waals surface area contributed by atoms with Crippen LogP contribution >= 0.6 is 22.7 Å². The molecule has 0 aliphatic heterocycles. The second-order valence-corrected chi connectivity index (χ2v) is 7.44. The van der Waals surface area contributed by atoms with Crippen LogP contribution in [0, 0.1) is 5.92 Å². The van der Waals surface area contributed by atoms with Crippen molar-refractivity contribution in [3.8, 4) is 0 Å². The average molecular weight is 334 g/mol. The van der Waals surface area contributed by atoms with Crippen molar-refractivity contribution in [3.63, 3.8) is 0 Å². The normalized spacial score (nSPS) is 13.9. The fraction of sp³-hybridized carbons (Fsp3) is 0.375. The molecule has 116 valence electrons. The number of amides is 2. The molecular formula is C16H18N2O2S2. The predicted molar refractivity (Wildman–Crippen MR) is 90.4 cm³/mol. The van der Waals surface area contributed by atoms with Crippen molar-refractivity contribution in [3.05, 3.63) is 39.4 Å². The summed E-state index contributed by atoms with van der Waals surface area (Å²) in [4.78, 5) is 28.0. The molecule has 0 unspecified atom stereocenters. The maximum atomic E-state index is 12.6. The van der Waals surface area contributed by atoms with Gasteiger partial charge in [-0.15, -0.1) is 22.7 Å². The number of anilines is 1. The highest BCUT2D eigenvalue weighted by Crippen LogP contribution is 2.32. The SMILES string of the molecule is CCN(Cc1cccs1)C(=O)c1ccc(NC(=O)C2CC2)s1. The van der Waals surface area contributed by atoms with Crippen LogP contribution in [0.5, 0.6) is 0 Å². The molecule has 1 fully saturated rings. The highest BCUT2D eigenvalue weighted by Gasteiger charge is 2.30. The molecule has 2 aromatic rings. The smallest absolute Gasteiger partial charge is 0.264 e. The van der Waals surface area contributed by atoms with E-state index in [-0.39, 0.29) is 17.7 Å². The van der Waals surface area contributed by atoms with Crippen LogP contribution in [0.1, 0.15) is 34.3 Å². The Balaban J connectivity index is 1.65. The molecule has 0 bridgehead atoms. The lowest BCUT2D eigenvalue weighted by Gasteiger charge is -2.19. The Morgan fingerprint density at radius 3 is 2.77 bits per heavy atom. The van der Waals surface area contributed by atoms with Gasteiger partial charge >= 0.3 is 0 Å². The Hall–Kier alpha value is -1.66. The molecule has 1 aliphatic carbocycles. The molecule has 1 aliphatic rings. The summed E-state index contributed by atoms with van der Waals surface area (Å²) in [5, 5.41) is 5.67. The zero-order valence-electron chi connectivity index (χ0n) is 12.4. The van der Waals surface area contributed by atoms with E-state index in [0.29, 0.717) is 18.0 Å². The third-order valence-corrected chi connectivity index (χ3v) is 5.46. The van der Waals surface area contributed by atoms with Gasteiger partial charge in [-0.25, -0.2) is 0 Å². The molecule has 3 rings (SSSR count). The molecule has 2 amide bonds. The molecule has 4 nitrogen and oxygen atoms in total. The summed E-state index contributed by atoms with van der Waals surface area (Å²) in [5.74, 6) is 0.270. The van der Waals surface area contributed by atoms with Crippen LogP contribution in [0.4, 0.5) is 5.00 Å². The largest absolute Gasteiger partial charge is 0.333 e. The molecule has 1 saturated carbocycles. The number of rotatable bonds is 6. The van der Waals surface area contributed by atoms with Crippen LogP contribution in [0.15, 0.2) is 29.6 Å². The van der Waals surface area contributed by atoms with Gasteiger partial charge in [0.05, 0.1) is 16.4 Å². The Morgan fingerprint density at radius 2 is 2.14 bits per heavy atom. The van der Waals surface area contributed by atoms with Crippen LogP contribution in [0.2, 0.25) is 0 Å². The van der Waals surface area contributed by atoms with Gasteiger partial charge in [0.25, 0.3) is 5.91 Å². The molecule has 2 aromatic heterocycles. The third kappa shape index (κ3) is 3.56. The van der Waals surface area contributed by atoms with Crippen LogP contribution < -0.4 is 5.32 Å². The molecule has 6 heteroatoms. The quantitative estimate of drug-likeness (QED) is 0.873. The van der Waals surface area contributed by atoms with Gasteiger partial charge in [0.1, 0.15) is 0 Å². The molecule has 0 atom stereocenters. The van der Waals surface area contributed by atoms with Gasteiger partial charge in [0.15, 0.2) is 0 Å². The van der Waals surface area contributed by atoms with Crippen LogP contribution in [0.3, 0.4) is 0 Å². The molecule has 0 saturated heterocycles. The van der Waals surface area contributed by atoms with E-state index in [2.05, 4.69) is 5.32 Å². The number of thiophene rings is 2. The van der Waals surface area contributed by atoms with Gasteiger partial charge < -0.3 is 10.2 Å². The molecule has 22 heavy (non-hydrogen) atoms. The van der Waals surface area contributed by atoms with Crippen LogP contribution in [-0.4, -0.2) is 23.3 Å². The minimum Gasteiger partial charge on any atom is -0.333 e. The minimum atomic E-state index is 0.0211. The number of nitrogens with zero attached hydrogens (tertiary/aromatic N) is 1. The van der Waals surface area contributed by atoms with E-state index < -0.39 is 0 Å². The summed E-state index contributed by atoms with van der Waals surface area (Å²) in [6.07, 6.45) is 1.96. The Bertz CT molecular complexity index is 660. The number of hydrogen-bond donors (Lipinski definition) is 1. The summed E-state index contributed by atoms with van der Waals surface area (Å²) >= 11 is 3.01. The lowest BCUT2D eigenvalue weighted by Crippen LogP contribution is -2.29. The van der Waals surface area contributed by atoms with Crippen molar-refractivity contribution in [1.82, 2.24) is 4.90 Å². The van der Waals surface area contributed by atoms with E-state index in [9.17, 15) is 9.59 Å². The van der Waals surface area contributed by atoms with Gasteiger partial charge in [-0.05, 0) is 43.3 Å². The molecule has 2 heterocycles. The molecule has 0 radical (unpaired) electrons. The maximum Gasteiger partial charge on any atom is 0.264 e. The summed E-state index contributed by atoms with van der Waals surface area (Å²) < 4.78 is 0. The van der Waals surface area contributed by atoms with Crippen molar-refractivity contribution in [2.75, 3.05) is 11.9 Å². The van der Waals surface area contributed by atoms with Crippen molar-refractivity contribution >= 4 is 39.5 Å². The van der Waals surface area contributed by atoms with E-state index in [1.54, 1.807) is 17.4 Å². The van der Waals surface area contributed by atoms with Crippen molar-refractivity contribution in [2.45, 2.75) is 26.3 Å². The Kier molecular flexibility index (Phi) is 4.59. The fourth-order valence-electron chi connectivity index (χ4n) is 2.16. The Morgan fingerprint density at radius 1 is 1.32 bits per heavy atom. The van der Waals surface area contributed by atoms with Crippen molar-refractivity contribution in [1.29, 1.82) is 0 Å². The molecular weight excluding hydrogens is 316 g/mol. The summed E-state index contributed by atoms with van der Waals surface area (Å²) in [6.45, 7) is 3.28. The minimum absolute atomic E-state index is 0.0211. The summed E-state index contributed by atoms with van der Waals surface area (Å²) in [7, 11) is 0. The highest BCUT2D eigenvalue weighted by atomic mass is 32.1. The lowest BCUT2D eigenvalue weighted by atomic mass is 10.3. The first-order valence-corrected chi connectivity index (χ1v) is 9.09. The van der Waals surface area contributed by atoms with E-state index in [0.717, 1.165) is 17.8 Å². The van der Waals surface area contributed by atoms with E-state index in [1.807, 2.05) is 35.4 Å². The first-order valence-electron chi connectivity index (χ1n) is 7.39. The topological polar surface area (TPSA) is 49.4 Å². The van der Waals surface area contributed by atoms with Crippen molar-refractivity contribution < 1.29 is 9.59 Å². The van der Waals surface area contributed by atoms with E-state index in [4.69, 9.17) is 0 Å². The highest BCUT2D eigenvalue weighted by molar-refractivity contribution is 7.18. The fourth-order valence-corrected chi connectivity index (χ4v) is 3.76. The Labute approximate surface area is 137 Å². The number of carbonyl (C=O) groups is 2. The van der Waals surface area contributed by atoms with E-state index >= 15 is 0 Å². The number of nitrogens with one attached hydrogen (secondary N) is 1. The average Bonchev–Trinajstić information content (AvgIpc) is 3.06. The van der Waals surface area contributed by atoms with Gasteiger partial charge in [0, 0.05) is 17.3 Å². The standard InChI is InChI=1S/C16H18N2O2S2/c1-2-18(10-12-4-3-9-21-12)16(20)13-7-8-14(22-13)17-15(19)11-5-6-11/h3-4,7-9,11H,2,5-6,10H2,1H3,(H,17,19). The number of carbonyl (C=O) groups excluding carboxylic acids is 2.